The van der Waals surface area contributed by atoms with Crippen LogP contribution in [0.3, 0.4) is 0 Å². The minimum Gasteiger partial charge on any atom is -0.456 e. The van der Waals surface area contributed by atoms with Crippen molar-refractivity contribution < 1.29 is 46.1 Å². The molecule has 3 aliphatic rings. The lowest BCUT2D eigenvalue weighted by Gasteiger charge is -2.25. The second-order valence-electron chi connectivity index (χ2n) is 39.1. The zero-order valence-corrected chi connectivity index (χ0v) is 78.9. The van der Waals surface area contributed by atoms with Gasteiger partial charge in [0.2, 0.25) is 0 Å². The molecule has 144 heavy (non-hydrogen) atoms. The van der Waals surface area contributed by atoms with E-state index in [1.54, 1.807) is 36.4 Å². The zero-order valence-electron chi connectivity index (χ0n) is 103. The fourth-order valence-corrected chi connectivity index (χ4v) is 23.8. The van der Waals surface area contributed by atoms with Crippen LogP contribution in [0.25, 0.3) is 264 Å². The molecule has 0 fully saturated rings. The molecular weight excluding hydrogens is 1740 g/mol. The summed E-state index contributed by atoms with van der Waals surface area (Å²) in [4.78, 5) is 0. The Balaban J connectivity index is 0.000000117. The molecule has 0 aliphatic heterocycles. The SMILES string of the molecule is [2H]c1c([2H])c([2H])c2c(-c3ccc4oc5ccccc5c4c3)c3c([2H])c([2H])c([2H])c([2H])c3c(-c3ccc(-c4cccc5c4C(C)(C)c4ccccc4-5)cc3)c2c1[2H].[2H]c1c([2H])c([2H])c2c(-c3ccc4oc5ccccc5c4c3)c3c([2H])c([2H])c([2H])c([2H])c3c(-c3ccc4c(c3)C(C)(C)c3cc(-c5ccccc5)ccc3-4)c2c1[2H].[2H]c1c([2H])c([2H])c2c(-c3ccc4oc5ccccc5c4c3)c3c([2H])c([2H])c([2H])c([2H])c3c(-c3cccc(-c4cccc5c4C(C)(C)c4ccccc4-5)c3)c2c1[2H]. The number of para-hydroxylation sites is 3. The summed E-state index contributed by atoms with van der Waals surface area (Å²) < 4.78 is 237. The van der Waals surface area contributed by atoms with Gasteiger partial charge >= 0.3 is 0 Å². The Morgan fingerprint density at radius 3 is 0.792 bits per heavy atom. The summed E-state index contributed by atoms with van der Waals surface area (Å²) >= 11 is 0. The third-order valence-electron chi connectivity index (χ3n) is 30.3. The van der Waals surface area contributed by atoms with Crippen LogP contribution in [0.2, 0.25) is 0 Å². The third-order valence-corrected chi connectivity index (χ3v) is 30.3. The summed E-state index contributed by atoms with van der Waals surface area (Å²) in [6.07, 6.45) is 0. The van der Waals surface area contributed by atoms with Crippen LogP contribution in [0.1, 0.15) is 108 Å². The summed E-state index contributed by atoms with van der Waals surface area (Å²) in [5.41, 5.74) is 28.3. The van der Waals surface area contributed by atoms with Crippen molar-refractivity contribution >= 4 is 130 Å². The Morgan fingerprint density at radius 2 is 0.403 bits per heavy atom. The van der Waals surface area contributed by atoms with Gasteiger partial charge in [0.1, 0.15) is 33.5 Å². The molecule has 3 aliphatic carbocycles. The van der Waals surface area contributed by atoms with Crippen molar-refractivity contribution in [2.24, 2.45) is 0 Å². The van der Waals surface area contributed by atoms with Crippen molar-refractivity contribution in [3.63, 3.8) is 0 Å². The monoisotopic (exact) mass is 1860 g/mol. The van der Waals surface area contributed by atoms with Crippen LogP contribution in [0.15, 0.2) is 486 Å². The maximum absolute atomic E-state index is 9.43. The fraction of sp³-hybridized carbons (Fsp3) is 0.0638. The molecule has 3 aromatic heterocycles. The smallest absolute Gasteiger partial charge is 0.135 e. The summed E-state index contributed by atoms with van der Waals surface area (Å²) in [5, 5.41) is 7.12. The van der Waals surface area contributed by atoms with Gasteiger partial charge in [0.25, 0.3) is 0 Å². The number of hydrogen-bond donors (Lipinski definition) is 0. The number of fused-ring (bicyclic) bond motifs is 24. The maximum atomic E-state index is 9.43. The van der Waals surface area contributed by atoms with Gasteiger partial charge in [-0.25, -0.2) is 0 Å². The predicted molar refractivity (Wildman–Crippen MR) is 608 cm³/mol. The first-order chi connectivity index (χ1) is 80.7. The van der Waals surface area contributed by atoms with Crippen molar-refractivity contribution in [2.75, 3.05) is 0 Å². The third kappa shape index (κ3) is 13.1. The van der Waals surface area contributed by atoms with E-state index in [2.05, 4.69) is 151 Å². The molecule has 0 bridgehead atoms. The molecule has 0 spiro atoms. The molecule has 0 atom stereocenters. The van der Waals surface area contributed by atoms with Gasteiger partial charge in [-0.3, -0.25) is 0 Å². The van der Waals surface area contributed by atoms with E-state index >= 15 is 0 Å². The average molecular weight is 1860 g/mol. The highest BCUT2D eigenvalue weighted by atomic mass is 16.3. The molecule has 0 amide bonds. The number of furan rings is 3. The van der Waals surface area contributed by atoms with Crippen molar-refractivity contribution in [1.82, 2.24) is 0 Å². The Bertz CT molecular complexity index is 11400. The summed E-state index contributed by atoms with van der Waals surface area (Å²) in [5.74, 6) is 0. The first-order valence-corrected chi connectivity index (χ1v) is 48.3. The van der Waals surface area contributed by atoms with E-state index in [4.69, 9.17) is 29.7 Å². The Morgan fingerprint density at radius 1 is 0.153 bits per heavy atom. The average Bonchev–Trinajstić information content (AvgIpc) is 1.12. The number of hydrogen-bond acceptors (Lipinski definition) is 3. The second kappa shape index (κ2) is 32.7. The lowest BCUT2D eigenvalue weighted by molar-refractivity contribution is 0.661. The molecule has 24 aromatic carbocycles. The Labute approximate surface area is 869 Å². The lowest BCUT2D eigenvalue weighted by atomic mass is 9.78. The maximum Gasteiger partial charge on any atom is 0.135 e. The highest BCUT2D eigenvalue weighted by Gasteiger charge is 2.41. The van der Waals surface area contributed by atoms with Gasteiger partial charge in [0.05, 0.1) is 32.9 Å². The molecule has 0 saturated heterocycles. The van der Waals surface area contributed by atoms with Crippen LogP contribution in [-0.2, 0) is 16.2 Å². The second-order valence-corrected chi connectivity index (χ2v) is 39.1. The molecule has 3 nitrogen and oxygen atoms in total. The summed E-state index contributed by atoms with van der Waals surface area (Å²) in [6, 6.07) is 98.5. The highest BCUT2D eigenvalue weighted by Crippen LogP contribution is 2.58. The van der Waals surface area contributed by atoms with E-state index in [1.165, 1.54) is 38.9 Å². The van der Waals surface area contributed by atoms with Gasteiger partial charge in [-0.15, -0.1) is 0 Å². The molecule has 30 rings (SSSR count). The topological polar surface area (TPSA) is 39.4 Å². The first kappa shape index (κ1) is 63.0. The first-order valence-electron chi connectivity index (χ1n) is 60.3. The van der Waals surface area contributed by atoms with E-state index in [-0.39, 0.29) is 148 Å². The molecule has 0 unspecified atom stereocenters. The standard InChI is InChI=1S/3C47H32O/c1-47(2)41-23-9-7-15-33(41)39-22-12-21-32(46(39)47)29-13-11-14-30(27-29)44-35-17-3-5-19-37(35)45(38-20-6-4-18-36(38)44)31-25-26-43-40(28-31)34-16-8-10-24-42(34)48-43;1-47(2)41-20-9-7-12-33(41)39-19-11-18-32(46(39)47)29-22-24-30(25-23-29)44-35-14-3-5-16-37(35)45(38-17-6-4-15-36(38)44)31-26-27-43-40(28-31)34-13-8-10-21-42(34)48-43;1-47(2)41-27-30(29-12-4-3-5-13-29)20-23-33(41)34-24-21-32(28-42(34)47)46-38-17-8-6-15-36(38)45(37-16-7-9-18-39(37)46)31-22-25-44-40(26-31)35-14-10-11-19-43(35)48-44/h3*3-28H,1-2H3/i3D,4D,5D,6D,17D,18D,19D,20D;3D,4D,5D,6D,14D,15D,16D,17D;6D,7D,8D,9D,15D,16D,17D,18D. The fourth-order valence-electron chi connectivity index (χ4n) is 23.8. The van der Waals surface area contributed by atoms with Crippen LogP contribution in [0, 0.1) is 0 Å². The zero-order chi connectivity index (χ0) is 117. The largest absolute Gasteiger partial charge is 0.456 e. The molecular formula is C141H96O3. The molecule has 27 aromatic rings. The quantitative estimate of drug-likeness (QED) is 0.135. The van der Waals surface area contributed by atoms with Crippen molar-refractivity contribution in [1.29, 1.82) is 0 Å². The van der Waals surface area contributed by atoms with Crippen molar-refractivity contribution in [3.8, 4) is 134 Å². The van der Waals surface area contributed by atoms with E-state index in [9.17, 15) is 16.4 Å². The van der Waals surface area contributed by atoms with Crippen LogP contribution >= 0.6 is 0 Å². The predicted octanol–water partition coefficient (Wildman–Crippen LogP) is 39.6. The van der Waals surface area contributed by atoms with E-state index in [0.717, 1.165) is 93.5 Å². The van der Waals surface area contributed by atoms with E-state index in [0.29, 0.717) is 100 Å². The molecule has 3 heterocycles. The molecule has 0 saturated carbocycles. The molecule has 3 heteroatoms. The van der Waals surface area contributed by atoms with Gasteiger partial charge in [0.15, 0.2) is 0 Å². The summed E-state index contributed by atoms with van der Waals surface area (Å²) in [7, 11) is 0. The van der Waals surface area contributed by atoms with Crippen molar-refractivity contribution in [2.45, 2.75) is 57.8 Å². The van der Waals surface area contributed by atoms with Gasteiger partial charge in [-0.2, -0.15) is 0 Å². The Kier molecular flexibility index (Phi) is 14.3. The number of rotatable bonds is 9. The summed E-state index contributed by atoms with van der Waals surface area (Å²) in [6.45, 7) is 13.3. The minimum absolute atomic E-state index is 0.179. The van der Waals surface area contributed by atoms with E-state index < -0.39 is 77.9 Å². The normalized spacial score (nSPS) is 15.7. The van der Waals surface area contributed by atoms with Crippen LogP contribution in [0.4, 0.5) is 0 Å². The van der Waals surface area contributed by atoms with Gasteiger partial charge < -0.3 is 13.3 Å². The Hall–Kier alpha value is -17.8. The van der Waals surface area contributed by atoms with Gasteiger partial charge in [0, 0.05) is 48.6 Å². The molecule has 0 N–H and O–H groups in total. The molecule has 0 radical (unpaired) electrons. The van der Waals surface area contributed by atoms with Crippen LogP contribution < -0.4 is 0 Å². The highest BCUT2D eigenvalue weighted by molar-refractivity contribution is 6.26. The van der Waals surface area contributed by atoms with E-state index in [1.807, 2.05) is 182 Å². The minimum atomic E-state index is -0.460. The van der Waals surface area contributed by atoms with Crippen molar-refractivity contribution in [3.05, 3.63) is 506 Å². The van der Waals surface area contributed by atoms with Crippen LogP contribution in [0.5, 0.6) is 0 Å². The van der Waals surface area contributed by atoms with Gasteiger partial charge in [-0.05, 0) is 304 Å². The lowest BCUT2D eigenvalue weighted by Crippen LogP contribution is -2.16. The number of benzene rings is 24. The molecule has 678 valence electrons. The van der Waals surface area contributed by atoms with Gasteiger partial charge in [-0.1, -0.05) is 441 Å². The van der Waals surface area contributed by atoms with Crippen LogP contribution in [-0.4, -0.2) is 0 Å².